The third-order valence-electron chi connectivity index (χ3n) is 3.93. The molecule has 1 atom stereocenters. The molecular formula is C17H22O3. The number of Topliss-reactive ketones (excluding diaryl/α,β-unsaturated/α-hetero) is 2. The number of hydrogen-bond acceptors (Lipinski definition) is 3. The first-order valence-corrected chi connectivity index (χ1v) is 7.54. The van der Waals surface area contributed by atoms with Crippen molar-refractivity contribution in [1.82, 2.24) is 0 Å². The molecule has 108 valence electrons. The highest BCUT2D eigenvalue weighted by molar-refractivity contribution is 6.28. The zero-order chi connectivity index (χ0) is 14.5. The molecule has 0 fully saturated rings. The Morgan fingerprint density at radius 2 is 1.60 bits per heavy atom. The van der Waals surface area contributed by atoms with Crippen LogP contribution in [0, 0.1) is 0 Å². The number of hydrogen-bond donors (Lipinski definition) is 1. The number of aryl methyl sites for hydroxylation is 1. The van der Waals surface area contributed by atoms with Crippen LogP contribution in [0.4, 0.5) is 0 Å². The summed E-state index contributed by atoms with van der Waals surface area (Å²) in [5.74, 6) is -0.911. The summed E-state index contributed by atoms with van der Waals surface area (Å²) in [5, 5.41) is 9.48. The van der Waals surface area contributed by atoms with Gasteiger partial charge < -0.3 is 5.11 Å². The molecule has 0 aromatic heterocycles. The second-order valence-corrected chi connectivity index (χ2v) is 5.53. The standard InChI is InChI=1S/C17H22O3/c1-2-3-4-5-6-7-8-12-9-10-13-14(11-12)16(19)17(20)15(13)18/h9-11,17,20H,2-8H2,1H3. The Labute approximate surface area is 120 Å². The first-order chi connectivity index (χ1) is 9.65. The highest BCUT2D eigenvalue weighted by Crippen LogP contribution is 2.24. The van der Waals surface area contributed by atoms with Gasteiger partial charge in [-0.2, -0.15) is 0 Å². The van der Waals surface area contributed by atoms with E-state index < -0.39 is 17.7 Å². The van der Waals surface area contributed by atoms with Crippen LogP contribution in [0.15, 0.2) is 18.2 Å². The fraction of sp³-hybridized carbons (Fsp3) is 0.529. The van der Waals surface area contributed by atoms with Crippen molar-refractivity contribution >= 4 is 11.6 Å². The molecule has 1 aliphatic carbocycles. The fourth-order valence-electron chi connectivity index (χ4n) is 2.69. The van der Waals surface area contributed by atoms with E-state index >= 15 is 0 Å². The van der Waals surface area contributed by atoms with E-state index in [4.69, 9.17) is 0 Å². The lowest BCUT2D eigenvalue weighted by atomic mass is 10.0. The summed E-state index contributed by atoms with van der Waals surface area (Å²) in [5.41, 5.74) is 1.84. The average Bonchev–Trinajstić information content (AvgIpc) is 2.67. The molecule has 0 bridgehead atoms. The summed E-state index contributed by atoms with van der Waals surface area (Å²) in [6.07, 6.45) is 6.86. The highest BCUT2D eigenvalue weighted by atomic mass is 16.3. The molecule has 1 aromatic carbocycles. The Bertz CT molecular complexity index is 505. The van der Waals surface area contributed by atoms with Gasteiger partial charge in [-0.1, -0.05) is 51.2 Å². The molecule has 0 saturated carbocycles. The third-order valence-corrected chi connectivity index (χ3v) is 3.93. The van der Waals surface area contributed by atoms with Crippen LogP contribution >= 0.6 is 0 Å². The van der Waals surface area contributed by atoms with Gasteiger partial charge in [-0.25, -0.2) is 0 Å². The lowest BCUT2D eigenvalue weighted by molar-refractivity contribution is 0.0663. The molecular weight excluding hydrogens is 252 g/mol. The predicted molar refractivity (Wildman–Crippen MR) is 78.2 cm³/mol. The molecule has 0 amide bonds. The van der Waals surface area contributed by atoms with E-state index in [1.807, 2.05) is 6.07 Å². The Balaban J connectivity index is 1.89. The predicted octanol–water partition coefficient (Wildman–Crippen LogP) is 3.33. The number of carbonyl (C=O) groups excluding carboxylic acids is 2. The van der Waals surface area contributed by atoms with Crippen LogP contribution in [0.25, 0.3) is 0 Å². The number of ketones is 2. The van der Waals surface area contributed by atoms with Crippen molar-refractivity contribution in [3.63, 3.8) is 0 Å². The van der Waals surface area contributed by atoms with Gasteiger partial charge in [0.15, 0.2) is 17.7 Å². The Hall–Kier alpha value is -1.48. The van der Waals surface area contributed by atoms with Crippen LogP contribution < -0.4 is 0 Å². The number of unbranched alkanes of at least 4 members (excludes halogenated alkanes) is 5. The van der Waals surface area contributed by atoms with E-state index in [2.05, 4.69) is 6.92 Å². The van der Waals surface area contributed by atoms with E-state index in [9.17, 15) is 14.7 Å². The molecule has 1 aromatic rings. The smallest absolute Gasteiger partial charge is 0.200 e. The molecule has 1 aliphatic rings. The lowest BCUT2D eigenvalue weighted by Gasteiger charge is -2.04. The number of rotatable bonds is 7. The van der Waals surface area contributed by atoms with Crippen LogP contribution in [0.1, 0.15) is 71.7 Å². The Morgan fingerprint density at radius 3 is 2.35 bits per heavy atom. The summed E-state index contributed by atoms with van der Waals surface area (Å²) < 4.78 is 0. The topological polar surface area (TPSA) is 54.4 Å². The van der Waals surface area contributed by atoms with Crippen molar-refractivity contribution in [3.8, 4) is 0 Å². The van der Waals surface area contributed by atoms with Crippen LogP contribution in [0.5, 0.6) is 0 Å². The molecule has 1 unspecified atom stereocenters. The number of aliphatic hydroxyl groups excluding tert-OH is 1. The van der Waals surface area contributed by atoms with E-state index in [1.165, 1.54) is 32.1 Å². The van der Waals surface area contributed by atoms with Gasteiger partial charge in [-0.15, -0.1) is 0 Å². The number of carbonyl (C=O) groups is 2. The number of fused-ring (bicyclic) bond motifs is 1. The van der Waals surface area contributed by atoms with E-state index in [-0.39, 0.29) is 0 Å². The minimum atomic E-state index is -1.48. The lowest BCUT2D eigenvalue weighted by Crippen LogP contribution is -2.20. The zero-order valence-electron chi connectivity index (χ0n) is 12.0. The second-order valence-electron chi connectivity index (χ2n) is 5.53. The minimum absolute atomic E-state index is 0.370. The molecule has 1 N–H and O–H groups in total. The molecule has 0 saturated heterocycles. The number of aliphatic hydroxyl groups is 1. The summed E-state index contributed by atoms with van der Waals surface area (Å²) >= 11 is 0. The van der Waals surface area contributed by atoms with E-state index in [0.717, 1.165) is 18.4 Å². The van der Waals surface area contributed by atoms with Crippen LogP contribution in [-0.4, -0.2) is 22.8 Å². The molecule has 0 radical (unpaired) electrons. The largest absolute Gasteiger partial charge is 0.377 e. The maximum Gasteiger partial charge on any atom is 0.200 e. The highest BCUT2D eigenvalue weighted by Gasteiger charge is 2.36. The third kappa shape index (κ3) is 3.15. The van der Waals surface area contributed by atoms with Gasteiger partial charge in [-0.05, 0) is 24.5 Å². The normalized spacial score (nSPS) is 17.6. The second kappa shape index (κ2) is 6.80. The monoisotopic (exact) mass is 274 g/mol. The summed E-state index contributed by atoms with van der Waals surface area (Å²) in [6.45, 7) is 2.21. The average molecular weight is 274 g/mol. The minimum Gasteiger partial charge on any atom is -0.377 e. The molecule has 0 heterocycles. The van der Waals surface area contributed by atoms with Crippen molar-refractivity contribution in [3.05, 3.63) is 34.9 Å². The van der Waals surface area contributed by atoms with Crippen molar-refractivity contribution in [2.45, 2.75) is 58.0 Å². The van der Waals surface area contributed by atoms with Crippen molar-refractivity contribution < 1.29 is 14.7 Å². The van der Waals surface area contributed by atoms with Crippen molar-refractivity contribution in [1.29, 1.82) is 0 Å². The van der Waals surface area contributed by atoms with E-state index in [0.29, 0.717) is 11.1 Å². The zero-order valence-corrected chi connectivity index (χ0v) is 12.0. The van der Waals surface area contributed by atoms with Gasteiger partial charge >= 0.3 is 0 Å². The molecule has 3 heteroatoms. The van der Waals surface area contributed by atoms with Crippen LogP contribution in [0.3, 0.4) is 0 Å². The first-order valence-electron chi connectivity index (χ1n) is 7.54. The fourth-order valence-corrected chi connectivity index (χ4v) is 2.69. The van der Waals surface area contributed by atoms with Gasteiger partial charge in [0.25, 0.3) is 0 Å². The molecule has 20 heavy (non-hydrogen) atoms. The van der Waals surface area contributed by atoms with Crippen molar-refractivity contribution in [2.24, 2.45) is 0 Å². The summed E-state index contributed by atoms with van der Waals surface area (Å²) in [6, 6.07) is 5.35. The molecule has 0 spiro atoms. The summed E-state index contributed by atoms with van der Waals surface area (Å²) in [7, 11) is 0. The SMILES string of the molecule is CCCCCCCCc1ccc2c(c1)C(=O)C(O)C2=O. The number of benzene rings is 1. The Kier molecular flexibility index (Phi) is 5.07. The first kappa shape index (κ1) is 14.9. The van der Waals surface area contributed by atoms with Crippen molar-refractivity contribution in [2.75, 3.05) is 0 Å². The maximum absolute atomic E-state index is 11.7. The van der Waals surface area contributed by atoms with Gasteiger partial charge in [0.1, 0.15) is 0 Å². The molecule has 3 nitrogen and oxygen atoms in total. The maximum atomic E-state index is 11.7. The molecule has 2 rings (SSSR count). The van der Waals surface area contributed by atoms with Gasteiger partial charge in [-0.3, -0.25) is 9.59 Å². The summed E-state index contributed by atoms with van der Waals surface area (Å²) in [4.78, 5) is 23.3. The van der Waals surface area contributed by atoms with Crippen LogP contribution in [-0.2, 0) is 6.42 Å². The van der Waals surface area contributed by atoms with E-state index in [1.54, 1.807) is 12.1 Å². The van der Waals surface area contributed by atoms with Gasteiger partial charge in [0, 0.05) is 11.1 Å². The Morgan fingerprint density at radius 1 is 0.950 bits per heavy atom. The van der Waals surface area contributed by atoms with Crippen LogP contribution in [0.2, 0.25) is 0 Å². The van der Waals surface area contributed by atoms with Gasteiger partial charge in [0.2, 0.25) is 0 Å². The van der Waals surface area contributed by atoms with Gasteiger partial charge in [0.05, 0.1) is 0 Å². The quantitative estimate of drug-likeness (QED) is 0.613. The molecule has 0 aliphatic heterocycles.